The van der Waals surface area contributed by atoms with Gasteiger partial charge in [-0.1, -0.05) is 6.07 Å². The standard InChI is InChI=1S/C11H11N3O3S/c1-18(16,17)10-4-2-3-9(7-10)13-11(15)14-6-5-12-8-14/h2-8H,1H3,(H,13,15). The third-order valence-corrected chi connectivity index (χ3v) is 3.36. The van der Waals surface area contributed by atoms with Gasteiger partial charge < -0.3 is 5.32 Å². The van der Waals surface area contributed by atoms with E-state index in [1.54, 1.807) is 12.1 Å². The Kier molecular flexibility index (Phi) is 3.15. The number of nitrogens with zero attached hydrogens (tertiary/aromatic N) is 2. The van der Waals surface area contributed by atoms with Crippen LogP contribution < -0.4 is 5.32 Å². The van der Waals surface area contributed by atoms with Gasteiger partial charge in [-0.25, -0.2) is 18.2 Å². The molecule has 0 spiro atoms. The molecule has 7 heteroatoms. The summed E-state index contributed by atoms with van der Waals surface area (Å²) in [7, 11) is -3.29. The minimum atomic E-state index is -3.29. The van der Waals surface area contributed by atoms with Crippen molar-refractivity contribution in [3.05, 3.63) is 43.0 Å². The van der Waals surface area contributed by atoms with Crippen LogP contribution in [0.2, 0.25) is 0 Å². The normalized spacial score (nSPS) is 11.2. The highest BCUT2D eigenvalue weighted by Crippen LogP contribution is 2.15. The van der Waals surface area contributed by atoms with Gasteiger partial charge >= 0.3 is 6.03 Å². The lowest BCUT2D eigenvalue weighted by atomic mass is 10.3. The zero-order valence-electron chi connectivity index (χ0n) is 9.57. The van der Waals surface area contributed by atoms with E-state index in [0.717, 1.165) is 6.26 Å². The zero-order chi connectivity index (χ0) is 13.2. The lowest BCUT2D eigenvalue weighted by molar-refractivity contribution is 0.253. The second kappa shape index (κ2) is 4.61. The number of benzene rings is 1. The van der Waals surface area contributed by atoms with E-state index in [0.29, 0.717) is 5.69 Å². The van der Waals surface area contributed by atoms with Crippen molar-refractivity contribution in [2.75, 3.05) is 11.6 Å². The molecule has 0 aliphatic carbocycles. The van der Waals surface area contributed by atoms with E-state index >= 15 is 0 Å². The molecule has 1 heterocycles. The minimum Gasteiger partial charge on any atom is -0.307 e. The summed E-state index contributed by atoms with van der Waals surface area (Å²) in [5.41, 5.74) is 0.414. The number of hydrogen-bond acceptors (Lipinski definition) is 4. The van der Waals surface area contributed by atoms with Crippen LogP contribution in [-0.2, 0) is 9.84 Å². The number of nitrogens with one attached hydrogen (secondary N) is 1. The zero-order valence-corrected chi connectivity index (χ0v) is 10.4. The van der Waals surface area contributed by atoms with E-state index in [4.69, 9.17) is 0 Å². The maximum atomic E-state index is 11.7. The molecule has 1 aromatic heterocycles. The average molecular weight is 265 g/mol. The van der Waals surface area contributed by atoms with Crippen LogP contribution in [0.15, 0.2) is 47.9 Å². The van der Waals surface area contributed by atoms with E-state index in [-0.39, 0.29) is 4.90 Å². The van der Waals surface area contributed by atoms with Crippen molar-refractivity contribution in [3.8, 4) is 0 Å². The molecule has 0 radical (unpaired) electrons. The Morgan fingerprint density at radius 2 is 2.17 bits per heavy atom. The van der Waals surface area contributed by atoms with Crippen molar-refractivity contribution in [1.29, 1.82) is 0 Å². The van der Waals surface area contributed by atoms with Gasteiger partial charge in [-0.2, -0.15) is 0 Å². The van der Waals surface area contributed by atoms with Gasteiger partial charge in [0.25, 0.3) is 0 Å². The van der Waals surface area contributed by atoms with Crippen LogP contribution in [0, 0.1) is 0 Å². The van der Waals surface area contributed by atoms with Gasteiger partial charge in [-0.15, -0.1) is 0 Å². The first kappa shape index (κ1) is 12.3. The first-order valence-electron chi connectivity index (χ1n) is 5.06. The lowest BCUT2D eigenvalue weighted by Gasteiger charge is -2.06. The van der Waals surface area contributed by atoms with Gasteiger partial charge in [0.05, 0.1) is 4.90 Å². The number of aromatic nitrogens is 2. The fraction of sp³-hybridized carbons (Fsp3) is 0.0909. The molecule has 0 saturated heterocycles. The SMILES string of the molecule is CS(=O)(=O)c1cccc(NC(=O)n2ccnc2)c1. The number of hydrogen-bond donors (Lipinski definition) is 1. The van der Waals surface area contributed by atoms with E-state index in [9.17, 15) is 13.2 Å². The lowest BCUT2D eigenvalue weighted by Crippen LogP contribution is -2.17. The van der Waals surface area contributed by atoms with Crippen molar-refractivity contribution in [2.45, 2.75) is 4.90 Å². The largest absolute Gasteiger partial charge is 0.331 e. The predicted molar refractivity (Wildman–Crippen MR) is 66.2 cm³/mol. The monoisotopic (exact) mass is 265 g/mol. The van der Waals surface area contributed by atoms with Crippen LogP contribution >= 0.6 is 0 Å². The number of anilines is 1. The number of sulfone groups is 1. The second-order valence-electron chi connectivity index (χ2n) is 3.70. The van der Waals surface area contributed by atoms with E-state index in [1.165, 1.54) is 35.4 Å². The van der Waals surface area contributed by atoms with Crippen molar-refractivity contribution in [3.63, 3.8) is 0 Å². The Balaban J connectivity index is 2.23. The van der Waals surface area contributed by atoms with Crippen LogP contribution in [0.4, 0.5) is 10.5 Å². The summed E-state index contributed by atoms with van der Waals surface area (Å²) >= 11 is 0. The molecule has 0 atom stereocenters. The Hall–Kier alpha value is -2.15. The number of carbonyl (C=O) groups excluding carboxylic acids is 1. The molecule has 0 aliphatic heterocycles. The first-order chi connectivity index (χ1) is 8.47. The fourth-order valence-electron chi connectivity index (χ4n) is 1.37. The molecule has 2 rings (SSSR count). The van der Waals surface area contributed by atoms with E-state index < -0.39 is 15.9 Å². The van der Waals surface area contributed by atoms with Gasteiger partial charge in [0, 0.05) is 24.3 Å². The molecule has 0 aliphatic rings. The highest BCUT2D eigenvalue weighted by Gasteiger charge is 2.09. The molecule has 0 saturated carbocycles. The van der Waals surface area contributed by atoms with Gasteiger partial charge in [-0.3, -0.25) is 4.57 Å². The minimum absolute atomic E-state index is 0.158. The molecule has 18 heavy (non-hydrogen) atoms. The van der Waals surface area contributed by atoms with Crippen LogP contribution in [0.3, 0.4) is 0 Å². The molecule has 1 aromatic carbocycles. The topological polar surface area (TPSA) is 81.1 Å². The maximum Gasteiger partial charge on any atom is 0.331 e. The van der Waals surface area contributed by atoms with Crippen LogP contribution in [0.25, 0.3) is 0 Å². The van der Waals surface area contributed by atoms with Gasteiger partial charge in [0.1, 0.15) is 6.33 Å². The van der Waals surface area contributed by atoms with E-state index in [1.807, 2.05) is 0 Å². The molecule has 94 valence electrons. The third kappa shape index (κ3) is 2.75. The van der Waals surface area contributed by atoms with Crippen molar-refractivity contribution >= 4 is 21.6 Å². The Morgan fingerprint density at radius 3 is 2.78 bits per heavy atom. The highest BCUT2D eigenvalue weighted by molar-refractivity contribution is 7.90. The van der Waals surface area contributed by atoms with Gasteiger partial charge in [0.15, 0.2) is 9.84 Å². The third-order valence-electron chi connectivity index (χ3n) is 2.25. The summed E-state index contributed by atoms with van der Waals surface area (Å²) < 4.78 is 24.0. The van der Waals surface area contributed by atoms with Gasteiger partial charge in [-0.05, 0) is 18.2 Å². The molecule has 0 fully saturated rings. The molecule has 1 N–H and O–H groups in total. The second-order valence-corrected chi connectivity index (χ2v) is 5.72. The average Bonchev–Trinajstić information content (AvgIpc) is 2.81. The predicted octanol–water partition coefficient (Wildman–Crippen LogP) is 1.37. The highest BCUT2D eigenvalue weighted by atomic mass is 32.2. The Labute approximate surface area is 104 Å². The quantitative estimate of drug-likeness (QED) is 0.889. The number of amides is 1. The van der Waals surface area contributed by atoms with Crippen LogP contribution in [0.1, 0.15) is 0 Å². The van der Waals surface area contributed by atoms with E-state index in [2.05, 4.69) is 10.3 Å². The molecular weight excluding hydrogens is 254 g/mol. The molecule has 1 amide bonds. The van der Waals surface area contributed by atoms with Crippen LogP contribution in [-0.4, -0.2) is 30.3 Å². The molecule has 2 aromatic rings. The van der Waals surface area contributed by atoms with Crippen molar-refractivity contribution < 1.29 is 13.2 Å². The molecule has 0 bridgehead atoms. The number of rotatable bonds is 2. The summed E-state index contributed by atoms with van der Waals surface area (Å²) in [4.78, 5) is 15.6. The van der Waals surface area contributed by atoms with Gasteiger partial charge in [0.2, 0.25) is 0 Å². The molecule has 6 nitrogen and oxygen atoms in total. The molecule has 0 unspecified atom stereocenters. The summed E-state index contributed by atoms with van der Waals surface area (Å²) in [5, 5.41) is 2.58. The Morgan fingerprint density at radius 1 is 1.39 bits per heavy atom. The summed E-state index contributed by atoms with van der Waals surface area (Å²) in [5.74, 6) is 0. The maximum absolute atomic E-state index is 11.7. The first-order valence-corrected chi connectivity index (χ1v) is 6.95. The van der Waals surface area contributed by atoms with Crippen molar-refractivity contribution in [2.24, 2.45) is 0 Å². The van der Waals surface area contributed by atoms with Crippen molar-refractivity contribution in [1.82, 2.24) is 9.55 Å². The smallest absolute Gasteiger partial charge is 0.307 e. The number of carbonyl (C=O) groups is 1. The summed E-state index contributed by atoms with van der Waals surface area (Å²) in [6.07, 6.45) is 5.45. The summed E-state index contributed by atoms with van der Waals surface area (Å²) in [6.45, 7) is 0. The summed E-state index contributed by atoms with van der Waals surface area (Å²) in [6, 6.07) is 5.66. The van der Waals surface area contributed by atoms with Crippen LogP contribution in [0.5, 0.6) is 0 Å². The number of imidazole rings is 1. The Bertz CT molecular complexity index is 663. The fourth-order valence-corrected chi connectivity index (χ4v) is 2.04. The molecular formula is C11H11N3O3S.